The summed E-state index contributed by atoms with van der Waals surface area (Å²) in [5, 5.41) is 0.578. The fraction of sp³-hybridized carbons (Fsp3) is 0.417. The van der Waals surface area contributed by atoms with Crippen molar-refractivity contribution in [1.82, 2.24) is 0 Å². The Morgan fingerprint density at radius 2 is 2.19 bits per heavy atom. The Hall–Kier alpha value is -1.22. The minimum Gasteiger partial charge on any atom is -0.495 e. The number of rotatable bonds is 5. The first kappa shape index (κ1) is 12.8. The first-order valence-electron chi connectivity index (χ1n) is 5.08. The normalized spacial score (nSPS) is 10.0. The van der Waals surface area contributed by atoms with Gasteiger partial charge in [-0.1, -0.05) is 11.6 Å². The third-order valence-corrected chi connectivity index (χ3v) is 2.67. The Morgan fingerprint density at radius 1 is 1.50 bits per heavy atom. The molecule has 0 aliphatic rings. The summed E-state index contributed by atoms with van der Waals surface area (Å²) in [5.74, 6) is 0.844. The molecule has 16 heavy (non-hydrogen) atoms. The molecule has 0 spiro atoms. The highest BCUT2D eigenvalue weighted by Crippen LogP contribution is 2.28. The molecule has 3 nitrogen and oxygen atoms in total. The Labute approximate surface area is 101 Å². The van der Waals surface area contributed by atoms with E-state index >= 15 is 0 Å². The first-order chi connectivity index (χ1) is 7.54. The summed E-state index contributed by atoms with van der Waals surface area (Å²) >= 11 is 6.02. The van der Waals surface area contributed by atoms with Crippen LogP contribution in [0.5, 0.6) is 5.75 Å². The van der Waals surface area contributed by atoms with Crippen molar-refractivity contribution in [1.29, 1.82) is 0 Å². The fourth-order valence-corrected chi connectivity index (χ4v) is 1.60. The van der Waals surface area contributed by atoms with Crippen LogP contribution in [0, 0.1) is 0 Å². The molecule has 1 rings (SSSR count). The zero-order valence-electron chi connectivity index (χ0n) is 9.79. The summed E-state index contributed by atoms with van der Waals surface area (Å²) in [7, 11) is 3.52. The summed E-state index contributed by atoms with van der Waals surface area (Å²) in [6, 6.07) is 5.58. The van der Waals surface area contributed by atoms with Gasteiger partial charge in [-0.25, -0.2) is 0 Å². The number of benzene rings is 1. The van der Waals surface area contributed by atoms with E-state index in [1.54, 1.807) is 14.0 Å². The lowest BCUT2D eigenvalue weighted by molar-refractivity contribution is -0.116. The molecule has 0 N–H and O–H groups in total. The quantitative estimate of drug-likeness (QED) is 0.794. The molecule has 0 radical (unpaired) electrons. The third kappa shape index (κ3) is 3.42. The molecule has 1 aromatic carbocycles. The molecule has 0 aliphatic heterocycles. The second-order valence-electron chi connectivity index (χ2n) is 3.69. The van der Waals surface area contributed by atoms with Crippen molar-refractivity contribution in [2.45, 2.75) is 13.3 Å². The number of Topliss-reactive ketones (excluding diaryl/α,β-unsaturated/α-hetero) is 1. The van der Waals surface area contributed by atoms with Crippen molar-refractivity contribution in [3.63, 3.8) is 0 Å². The molecule has 1 aromatic rings. The monoisotopic (exact) mass is 241 g/mol. The van der Waals surface area contributed by atoms with Crippen LogP contribution in [0.15, 0.2) is 18.2 Å². The summed E-state index contributed by atoms with van der Waals surface area (Å²) in [4.78, 5) is 12.9. The molecule has 0 saturated heterocycles. The summed E-state index contributed by atoms with van der Waals surface area (Å²) in [6.07, 6.45) is 0.542. The summed E-state index contributed by atoms with van der Waals surface area (Å²) in [5.41, 5.74) is 0.979. The standard InChI is InChI=1S/C12H16ClNO2/c1-9(15)6-7-14(2)10-4-5-12(16-3)11(13)8-10/h4-5,8H,6-7H2,1-3H3. The summed E-state index contributed by atoms with van der Waals surface area (Å²) < 4.78 is 5.07. The smallest absolute Gasteiger partial charge is 0.137 e. The second kappa shape index (κ2) is 5.75. The van der Waals surface area contributed by atoms with Gasteiger partial charge in [-0.15, -0.1) is 0 Å². The maximum absolute atomic E-state index is 10.9. The minimum atomic E-state index is 0.187. The van der Waals surface area contributed by atoms with Crippen LogP contribution in [0.2, 0.25) is 5.02 Å². The molecule has 0 atom stereocenters. The Balaban J connectivity index is 2.72. The Morgan fingerprint density at radius 3 is 2.69 bits per heavy atom. The van der Waals surface area contributed by atoms with Gasteiger partial charge in [0.2, 0.25) is 0 Å². The number of hydrogen-bond acceptors (Lipinski definition) is 3. The van der Waals surface area contributed by atoms with E-state index in [1.165, 1.54) is 0 Å². The van der Waals surface area contributed by atoms with Gasteiger partial charge < -0.3 is 9.64 Å². The molecule has 0 aliphatic carbocycles. The number of ketones is 1. The topological polar surface area (TPSA) is 29.5 Å². The van der Waals surface area contributed by atoms with Crippen molar-refractivity contribution < 1.29 is 9.53 Å². The highest BCUT2D eigenvalue weighted by molar-refractivity contribution is 6.32. The average molecular weight is 242 g/mol. The van der Waals surface area contributed by atoms with Gasteiger partial charge in [-0.05, 0) is 25.1 Å². The maximum atomic E-state index is 10.9. The highest BCUT2D eigenvalue weighted by Gasteiger charge is 2.06. The lowest BCUT2D eigenvalue weighted by Crippen LogP contribution is -2.20. The van der Waals surface area contributed by atoms with E-state index in [0.717, 1.165) is 5.69 Å². The van der Waals surface area contributed by atoms with Gasteiger partial charge in [0.25, 0.3) is 0 Å². The van der Waals surface area contributed by atoms with E-state index in [1.807, 2.05) is 30.1 Å². The molecular formula is C12H16ClNO2. The molecule has 0 bridgehead atoms. The predicted octanol–water partition coefficient (Wildman–Crippen LogP) is 2.76. The summed E-state index contributed by atoms with van der Waals surface area (Å²) in [6.45, 7) is 2.28. The molecule has 4 heteroatoms. The van der Waals surface area contributed by atoms with Crippen molar-refractivity contribution >= 4 is 23.1 Å². The van der Waals surface area contributed by atoms with Gasteiger partial charge in [-0.2, -0.15) is 0 Å². The van der Waals surface area contributed by atoms with Crippen molar-refractivity contribution in [3.05, 3.63) is 23.2 Å². The third-order valence-electron chi connectivity index (χ3n) is 2.38. The second-order valence-corrected chi connectivity index (χ2v) is 4.10. The number of nitrogens with zero attached hydrogens (tertiary/aromatic N) is 1. The molecule has 0 amide bonds. The highest BCUT2D eigenvalue weighted by atomic mass is 35.5. The van der Waals surface area contributed by atoms with Crippen LogP contribution in [-0.4, -0.2) is 26.5 Å². The molecule has 0 unspecified atom stereocenters. The number of carbonyl (C=O) groups excluding carboxylic acids is 1. The van der Waals surface area contributed by atoms with E-state index in [9.17, 15) is 4.79 Å². The van der Waals surface area contributed by atoms with Crippen LogP contribution in [0.3, 0.4) is 0 Å². The van der Waals surface area contributed by atoms with Crippen LogP contribution in [0.4, 0.5) is 5.69 Å². The van der Waals surface area contributed by atoms with E-state index in [2.05, 4.69) is 0 Å². The fourth-order valence-electron chi connectivity index (χ4n) is 1.35. The number of halogens is 1. The zero-order chi connectivity index (χ0) is 12.1. The van der Waals surface area contributed by atoms with Crippen LogP contribution in [0.1, 0.15) is 13.3 Å². The van der Waals surface area contributed by atoms with Crippen LogP contribution >= 0.6 is 11.6 Å². The largest absolute Gasteiger partial charge is 0.495 e. The van der Waals surface area contributed by atoms with Gasteiger partial charge in [0.1, 0.15) is 11.5 Å². The van der Waals surface area contributed by atoms with Gasteiger partial charge >= 0.3 is 0 Å². The molecule has 0 fully saturated rings. The molecule has 88 valence electrons. The molecular weight excluding hydrogens is 226 g/mol. The van der Waals surface area contributed by atoms with Crippen molar-refractivity contribution in [2.24, 2.45) is 0 Å². The van der Waals surface area contributed by atoms with E-state index in [-0.39, 0.29) is 5.78 Å². The maximum Gasteiger partial charge on any atom is 0.137 e. The molecule has 0 aromatic heterocycles. The average Bonchev–Trinajstić information content (AvgIpc) is 2.25. The van der Waals surface area contributed by atoms with Crippen LogP contribution in [0.25, 0.3) is 0 Å². The SMILES string of the molecule is COc1ccc(N(C)CCC(C)=O)cc1Cl. The zero-order valence-corrected chi connectivity index (χ0v) is 10.5. The molecule has 0 heterocycles. The van der Waals surface area contributed by atoms with Crippen molar-refractivity contribution in [2.75, 3.05) is 25.6 Å². The number of hydrogen-bond donors (Lipinski definition) is 0. The van der Waals surface area contributed by atoms with Gasteiger partial charge in [0, 0.05) is 25.7 Å². The van der Waals surface area contributed by atoms with Crippen LogP contribution < -0.4 is 9.64 Å². The number of anilines is 1. The number of carbonyl (C=O) groups is 1. The first-order valence-corrected chi connectivity index (χ1v) is 5.46. The number of ether oxygens (including phenoxy) is 1. The Kier molecular flexibility index (Phi) is 4.62. The lowest BCUT2D eigenvalue weighted by atomic mass is 10.2. The van der Waals surface area contributed by atoms with E-state index in [4.69, 9.17) is 16.3 Å². The molecule has 0 saturated carbocycles. The Bertz CT molecular complexity index is 379. The van der Waals surface area contributed by atoms with Gasteiger partial charge in [0.15, 0.2) is 0 Å². The van der Waals surface area contributed by atoms with E-state index < -0.39 is 0 Å². The van der Waals surface area contributed by atoms with Crippen LogP contribution in [-0.2, 0) is 4.79 Å². The van der Waals surface area contributed by atoms with Gasteiger partial charge in [-0.3, -0.25) is 4.79 Å². The van der Waals surface area contributed by atoms with Gasteiger partial charge in [0.05, 0.1) is 12.1 Å². The van der Waals surface area contributed by atoms with Crippen molar-refractivity contribution in [3.8, 4) is 5.75 Å². The van der Waals surface area contributed by atoms with E-state index in [0.29, 0.717) is 23.7 Å². The predicted molar refractivity (Wildman–Crippen MR) is 66.6 cm³/mol. The minimum absolute atomic E-state index is 0.187. The lowest BCUT2D eigenvalue weighted by Gasteiger charge is -2.19. The number of methoxy groups -OCH3 is 1.